The number of methoxy groups -OCH3 is 1. The number of rotatable bonds is 6. The maximum Gasteiger partial charge on any atom is 0.249 e. The quantitative estimate of drug-likeness (QED) is 0.816. The average Bonchev–Trinajstić information content (AvgIpc) is 2.54. The lowest BCUT2D eigenvalue weighted by molar-refractivity contribution is -0.138. The van der Waals surface area contributed by atoms with Crippen molar-refractivity contribution in [2.45, 2.75) is 19.5 Å². The molecule has 3 nitrogen and oxygen atoms in total. The Hall–Kier alpha value is -2.20. The van der Waals surface area contributed by atoms with Crippen LogP contribution in [0, 0.1) is 5.82 Å². The van der Waals surface area contributed by atoms with Crippen LogP contribution in [0.5, 0.6) is 0 Å². The highest BCUT2D eigenvalue weighted by molar-refractivity contribution is 5.78. The van der Waals surface area contributed by atoms with Crippen molar-refractivity contribution in [1.82, 2.24) is 4.90 Å². The monoisotopic (exact) mass is 301 g/mol. The fourth-order valence-corrected chi connectivity index (χ4v) is 2.35. The summed E-state index contributed by atoms with van der Waals surface area (Å²) in [5.74, 6) is -0.377. The molecule has 0 unspecified atom stereocenters. The summed E-state index contributed by atoms with van der Waals surface area (Å²) in [4.78, 5) is 14.1. The number of hydrogen-bond acceptors (Lipinski definition) is 2. The van der Waals surface area contributed by atoms with Crippen LogP contribution < -0.4 is 0 Å². The number of halogens is 1. The van der Waals surface area contributed by atoms with Gasteiger partial charge in [0, 0.05) is 13.7 Å². The molecule has 0 spiro atoms. The molecule has 1 amide bonds. The smallest absolute Gasteiger partial charge is 0.249 e. The van der Waals surface area contributed by atoms with Crippen LogP contribution in [0.2, 0.25) is 0 Å². The van der Waals surface area contributed by atoms with Crippen molar-refractivity contribution in [2.75, 3.05) is 13.7 Å². The topological polar surface area (TPSA) is 29.5 Å². The summed E-state index contributed by atoms with van der Waals surface area (Å²) in [5.41, 5.74) is 1.93. The Bertz CT molecular complexity index is 598. The highest BCUT2D eigenvalue weighted by Crippen LogP contribution is 2.22. The highest BCUT2D eigenvalue weighted by atomic mass is 19.1. The summed E-state index contributed by atoms with van der Waals surface area (Å²) < 4.78 is 18.0. The van der Waals surface area contributed by atoms with Gasteiger partial charge in [-0.05, 0) is 30.2 Å². The standard InChI is InChI=1S/C18H20FNO2/c1-14(16-6-4-3-5-7-16)20(18(21)13-22-2)12-15-8-10-17(19)11-9-15/h3-11,14H,12-13H2,1-2H3/t14-/m1/s1. The molecule has 0 aliphatic heterocycles. The molecule has 0 heterocycles. The zero-order valence-electron chi connectivity index (χ0n) is 12.8. The lowest BCUT2D eigenvalue weighted by Gasteiger charge is -2.29. The molecule has 0 N–H and O–H groups in total. The van der Waals surface area contributed by atoms with Crippen molar-refractivity contribution < 1.29 is 13.9 Å². The molecule has 0 aliphatic carbocycles. The van der Waals surface area contributed by atoms with Crippen LogP contribution in [-0.4, -0.2) is 24.5 Å². The third kappa shape index (κ3) is 4.15. The third-order valence-corrected chi connectivity index (χ3v) is 3.60. The SMILES string of the molecule is COCC(=O)N(Cc1ccc(F)cc1)[C@H](C)c1ccccc1. The third-order valence-electron chi connectivity index (χ3n) is 3.60. The van der Waals surface area contributed by atoms with Crippen LogP contribution >= 0.6 is 0 Å². The van der Waals surface area contributed by atoms with Gasteiger partial charge in [-0.15, -0.1) is 0 Å². The van der Waals surface area contributed by atoms with Crippen LogP contribution in [0.1, 0.15) is 24.1 Å². The molecule has 2 aromatic rings. The number of carbonyl (C=O) groups excluding carboxylic acids is 1. The molecule has 116 valence electrons. The Kier molecular flexibility index (Phi) is 5.67. The van der Waals surface area contributed by atoms with E-state index in [1.807, 2.05) is 37.3 Å². The first-order valence-corrected chi connectivity index (χ1v) is 7.19. The minimum atomic E-state index is -0.283. The second kappa shape index (κ2) is 7.71. The van der Waals surface area contributed by atoms with E-state index >= 15 is 0 Å². The maximum atomic E-state index is 13.0. The van der Waals surface area contributed by atoms with Gasteiger partial charge in [0.1, 0.15) is 12.4 Å². The van der Waals surface area contributed by atoms with E-state index in [-0.39, 0.29) is 24.4 Å². The first kappa shape index (κ1) is 16.2. The van der Waals surface area contributed by atoms with Gasteiger partial charge in [0.05, 0.1) is 6.04 Å². The lowest BCUT2D eigenvalue weighted by atomic mass is 10.1. The molecule has 2 rings (SSSR count). The van der Waals surface area contributed by atoms with E-state index < -0.39 is 0 Å². The zero-order chi connectivity index (χ0) is 15.9. The van der Waals surface area contributed by atoms with Crippen molar-refractivity contribution in [3.05, 3.63) is 71.5 Å². The molecular weight excluding hydrogens is 281 g/mol. The number of ether oxygens (including phenoxy) is 1. The Balaban J connectivity index is 2.22. The van der Waals surface area contributed by atoms with Crippen LogP contribution in [0.25, 0.3) is 0 Å². The van der Waals surface area contributed by atoms with E-state index in [2.05, 4.69) is 0 Å². The predicted octanol–water partition coefficient (Wildman–Crippen LogP) is 3.56. The molecule has 4 heteroatoms. The van der Waals surface area contributed by atoms with Crippen molar-refractivity contribution in [1.29, 1.82) is 0 Å². The van der Waals surface area contributed by atoms with Gasteiger partial charge >= 0.3 is 0 Å². The molecule has 2 aromatic carbocycles. The van der Waals surface area contributed by atoms with Crippen molar-refractivity contribution >= 4 is 5.91 Å². The van der Waals surface area contributed by atoms with E-state index in [0.717, 1.165) is 11.1 Å². The zero-order valence-corrected chi connectivity index (χ0v) is 12.8. The van der Waals surface area contributed by atoms with Crippen LogP contribution in [0.15, 0.2) is 54.6 Å². The molecule has 0 radical (unpaired) electrons. The Morgan fingerprint density at radius 3 is 2.36 bits per heavy atom. The normalized spacial score (nSPS) is 12.0. The van der Waals surface area contributed by atoms with Gasteiger partial charge in [0.25, 0.3) is 0 Å². The molecule has 0 saturated heterocycles. The summed E-state index contributed by atoms with van der Waals surface area (Å²) in [6.45, 7) is 2.42. The van der Waals surface area contributed by atoms with Crippen LogP contribution in [0.4, 0.5) is 4.39 Å². The number of benzene rings is 2. The molecular formula is C18H20FNO2. The minimum Gasteiger partial charge on any atom is -0.375 e. The van der Waals surface area contributed by atoms with E-state index in [1.54, 1.807) is 17.0 Å². The first-order chi connectivity index (χ1) is 10.6. The highest BCUT2D eigenvalue weighted by Gasteiger charge is 2.21. The summed E-state index contributed by atoms with van der Waals surface area (Å²) in [6.07, 6.45) is 0. The Morgan fingerprint density at radius 1 is 1.14 bits per heavy atom. The lowest BCUT2D eigenvalue weighted by Crippen LogP contribution is -2.35. The van der Waals surface area contributed by atoms with Crippen molar-refractivity contribution in [2.24, 2.45) is 0 Å². The average molecular weight is 301 g/mol. The van der Waals surface area contributed by atoms with Gasteiger partial charge in [-0.1, -0.05) is 42.5 Å². The maximum absolute atomic E-state index is 13.0. The van der Waals surface area contributed by atoms with Gasteiger partial charge in [0.2, 0.25) is 5.91 Å². The van der Waals surface area contributed by atoms with Gasteiger partial charge in [0.15, 0.2) is 0 Å². The molecule has 0 bridgehead atoms. The molecule has 1 atom stereocenters. The summed E-state index contributed by atoms with van der Waals surface area (Å²) in [7, 11) is 1.50. The van der Waals surface area contributed by atoms with Crippen molar-refractivity contribution in [3.8, 4) is 0 Å². The second-order valence-electron chi connectivity index (χ2n) is 5.17. The fourth-order valence-electron chi connectivity index (χ4n) is 2.35. The number of hydrogen-bond donors (Lipinski definition) is 0. The van der Waals surface area contributed by atoms with E-state index in [9.17, 15) is 9.18 Å². The number of carbonyl (C=O) groups is 1. The number of nitrogens with zero attached hydrogens (tertiary/aromatic N) is 1. The van der Waals surface area contributed by atoms with Gasteiger partial charge < -0.3 is 9.64 Å². The molecule has 0 saturated carbocycles. The largest absolute Gasteiger partial charge is 0.375 e. The fraction of sp³-hybridized carbons (Fsp3) is 0.278. The molecule has 22 heavy (non-hydrogen) atoms. The first-order valence-electron chi connectivity index (χ1n) is 7.19. The second-order valence-corrected chi connectivity index (χ2v) is 5.17. The van der Waals surface area contributed by atoms with Gasteiger partial charge in [-0.25, -0.2) is 4.39 Å². The van der Waals surface area contributed by atoms with Gasteiger partial charge in [-0.3, -0.25) is 4.79 Å². The summed E-state index contributed by atoms with van der Waals surface area (Å²) >= 11 is 0. The summed E-state index contributed by atoms with van der Waals surface area (Å²) in [5, 5.41) is 0. The van der Waals surface area contributed by atoms with E-state index in [4.69, 9.17) is 4.74 Å². The molecule has 0 aromatic heterocycles. The number of amides is 1. The van der Waals surface area contributed by atoms with E-state index in [0.29, 0.717) is 6.54 Å². The molecule has 0 aliphatic rings. The Morgan fingerprint density at radius 2 is 1.77 bits per heavy atom. The van der Waals surface area contributed by atoms with Gasteiger partial charge in [-0.2, -0.15) is 0 Å². The van der Waals surface area contributed by atoms with Crippen LogP contribution in [-0.2, 0) is 16.1 Å². The molecule has 0 fully saturated rings. The predicted molar refractivity (Wildman–Crippen MR) is 83.7 cm³/mol. The Labute approximate surface area is 130 Å². The van der Waals surface area contributed by atoms with E-state index in [1.165, 1.54) is 19.2 Å². The van der Waals surface area contributed by atoms with Crippen molar-refractivity contribution in [3.63, 3.8) is 0 Å². The summed E-state index contributed by atoms with van der Waals surface area (Å²) in [6, 6.07) is 15.9. The minimum absolute atomic E-state index is 0.0262. The van der Waals surface area contributed by atoms with Crippen LogP contribution in [0.3, 0.4) is 0 Å².